The van der Waals surface area contributed by atoms with Gasteiger partial charge in [0.05, 0.1) is 30.4 Å². The van der Waals surface area contributed by atoms with Gasteiger partial charge in [-0.25, -0.2) is 0 Å². The first kappa shape index (κ1) is 27.0. The smallest absolute Gasteiger partial charge is 0.244 e. The Kier molecular flexibility index (Phi) is 7.60. The SMILES string of the molecule is C/C1=C/CC[C@@](C)(O)C2CCCC(N2)N2C3NC(Nc4ccc(N5CCN(C)CC5)cc4)NCC3C(=O)N2C1. The lowest BCUT2D eigenvalue weighted by Gasteiger charge is -2.47. The molecule has 0 saturated carbocycles. The molecule has 4 saturated heterocycles. The predicted molar refractivity (Wildman–Crippen MR) is 154 cm³/mol. The summed E-state index contributed by atoms with van der Waals surface area (Å²) in [6.07, 6.45) is 6.36. The molecule has 5 aliphatic rings. The van der Waals surface area contributed by atoms with Gasteiger partial charge in [-0.3, -0.25) is 25.8 Å². The number of allylic oxidation sites excluding steroid dienone is 1. The Labute approximate surface area is 232 Å². The van der Waals surface area contributed by atoms with Crippen LogP contribution in [0.2, 0.25) is 0 Å². The van der Waals surface area contributed by atoms with Crippen molar-refractivity contribution in [3.63, 3.8) is 0 Å². The highest BCUT2D eigenvalue weighted by atomic mass is 16.3. The highest BCUT2D eigenvalue weighted by molar-refractivity contribution is 5.82. The first-order valence-electron chi connectivity index (χ1n) is 14.8. The number of amides is 1. The van der Waals surface area contributed by atoms with Crippen molar-refractivity contribution < 1.29 is 9.90 Å². The van der Waals surface area contributed by atoms with E-state index in [0.717, 1.165) is 64.0 Å². The van der Waals surface area contributed by atoms with Gasteiger partial charge in [-0.1, -0.05) is 11.6 Å². The van der Waals surface area contributed by atoms with Crippen molar-refractivity contribution in [2.75, 3.05) is 56.5 Å². The van der Waals surface area contributed by atoms with E-state index in [9.17, 15) is 9.90 Å². The van der Waals surface area contributed by atoms with Gasteiger partial charge in [-0.15, -0.1) is 0 Å². The number of hydrogen-bond donors (Lipinski definition) is 5. The average molecular weight is 539 g/mol. The minimum atomic E-state index is -0.782. The second-order valence-corrected chi connectivity index (χ2v) is 12.4. The number of anilines is 2. The number of fused-ring (bicyclic) bond motifs is 6. The number of piperidine rings is 1. The van der Waals surface area contributed by atoms with Crippen molar-refractivity contribution in [3.05, 3.63) is 35.9 Å². The van der Waals surface area contributed by atoms with Crippen LogP contribution in [0.3, 0.4) is 0 Å². The molecule has 1 aromatic carbocycles. The maximum atomic E-state index is 13.7. The van der Waals surface area contributed by atoms with Crippen LogP contribution in [0.15, 0.2) is 35.9 Å². The molecule has 0 aliphatic carbocycles. The fraction of sp³-hybridized carbons (Fsp3) is 0.690. The molecule has 0 spiro atoms. The van der Waals surface area contributed by atoms with Crippen molar-refractivity contribution in [2.24, 2.45) is 5.92 Å². The predicted octanol–water partition coefficient (Wildman–Crippen LogP) is 1.29. The number of rotatable bonds is 3. The van der Waals surface area contributed by atoms with Crippen molar-refractivity contribution in [3.8, 4) is 0 Å². The molecule has 10 heteroatoms. The Bertz CT molecular complexity index is 1050. The second kappa shape index (κ2) is 11.0. The molecule has 10 nitrogen and oxygen atoms in total. The molecule has 0 aromatic heterocycles. The molecule has 1 aromatic rings. The lowest BCUT2D eigenvalue weighted by atomic mass is 9.85. The zero-order valence-corrected chi connectivity index (χ0v) is 23.7. The molecule has 39 heavy (non-hydrogen) atoms. The zero-order chi connectivity index (χ0) is 27.1. The first-order valence-corrected chi connectivity index (χ1v) is 14.8. The van der Waals surface area contributed by atoms with E-state index < -0.39 is 5.60 Å². The van der Waals surface area contributed by atoms with Crippen LogP contribution in [0, 0.1) is 5.92 Å². The summed E-state index contributed by atoms with van der Waals surface area (Å²) in [5.41, 5.74) is 2.69. The summed E-state index contributed by atoms with van der Waals surface area (Å²) in [6, 6.07) is 8.69. The minimum absolute atomic E-state index is 0.00537. The largest absolute Gasteiger partial charge is 0.389 e. The Morgan fingerprint density at radius 3 is 2.62 bits per heavy atom. The van der Waals surface area contributed by atoms with Crippen molar-refractivity contribution in [2.45, 2.75) is 76.2 Å². The molecule has 5 heterocycles. The number of carbonyl (C=O) groups excluding carboxylic acids is 1. The summed E-state index contributed by atoms with van der Waals surface area (Å²) < 4.78 is 0. The standard InChI is InChI=1S/C29H46N8O2/c1-20-6-5-13-29(2,39)24-7-4-8-25(32-24)37-26-23(27(38)36(37)19-20)18-30-28(33-26)31-21-9-11-22(12-10-21)35-16-14-34(3)15-17-35/h6,9-12,23-26,28,30-33,39H,4-5,7-8,13-19H2,1-3H3/b20-6-/t23?,24?,25?,26?,28?,29-/m1/s1. The number of hydrazine groups is 1. The average Bonchev–Trinajstić information content (AvgIpc) is 3.19. The number of nitrogens with one attached hydrogen (secondary N) is 4. The van der Waals surface area contributed by atoms with Gasteiger partial charge in [0.2, 0.25) is 5.91 Å². The fourth-order valence-electron chi connectivity index (χ4n) is 6.95. The Hall–Kier alpha value is -2.21. The zero-order valence-electron chi connectivity index (χ0n) is 23.7. The molecule has 0 radical (unpaired) electrons. The van der Waals surface area contributed by atoms with Crippen LogP contribution in [0.25, 0.3) is 0 Å². The van der Waals surface area contributed by atoms with E-state index in [1.807, 2.05) is 11.9 Å². The van der Waals surface area contributed by atoms with E-state index in [1.54, 1.807) is 0 Å². The molecule has 6 rings (SSSR count). The van der Waals surface area contributed by atoms with Crippen LogP contribution in [0.1, 0.15) is 46.0 Å². The summed E-state index contributed by atoms with van der Waals surface area (Å²) in [4.78, 5) is 18.5. The molecule has 4 fully saturated rings. The Morgan fingerprint density at radius 2 is 1.85 bits per heavy atom. The molecule has 5 unspecified atom stereocenters. The number of carbonyl (C=O) groups is 1. The Balaban J connectivity index is 1.18. The topological polar surface area (TPSA) is 98.4 Å². The van der Waals surface area contributed by atoms with Gasteiger partial charge < -0.3 is 20.2 Å². The van der Waals surface area contributed by atoms with Crippen LogP contribution in [-0.4, -0.2) is 103 Å². The van der Waals surface area contributed by atoms with Crippen molar-refractivity contribution >= 4 is 17.3 Å². The number of nitrogens with zero attached hydrogens (tertiary/aromatic N) is 4. The van der Waals surface area contributed by atoms with E-state index in [2.05, 4.69) is 80.4 Å². The number of likely N-dealkylation sites (N-methyl/N-ethyl adjacent to an activating group) is 1. The third kappa shape index (κ3) is 5.55. The van der Waals surface area contributed by atoms with Gasteiger partial charge in [0.25, 0.3) is 0 Å². The molecule has 6 atom stereocenters. The highest BCUT2D eigenvalue weighted by Gasteiger charge is 2.53. The third-order valence-electron chi connectivity index (χ3n) is 9.42. The normalized spacial score (nSPS) is 37.9. The molecule has 2 bridgehead atoms. The van der Waals surface area contributed by atoms with Gasteiger partial charge in [0, 0.05) is 50.1 Å². The third-order valence-corrected chi connectivity index (χ3v) is 9.42. The molecule has 5 aliphatic heterocycles. The molecule has 5 N–H and O–H groups in total. The van der Waals surface area contributed by atoms with Crippen LogP contribution in [-0.2, 0) is 4.79 Å². The second-order valence-electron chi connectivity index (χ2n) is 12.4. The molecular weight excluding hydrogens is 492 g/mol. The van der Waals surface area contributed by atoms with E-state index >= 15 is 0 Å². The van der Waals surface area contributed by atoms with Crippen molar-refractivity contribution in [1.29, 1.82) is 0 Å². The van der Waals surface area contributed by atoms with Crippen LogP contribution in [0.5, 0.6) is 0 Å². The summed E-state index contributed by atoms with van der Waals surface area (Å²) in [7, 11) is 2.18. The van der Waals surface area contributed by atoms with Gasteiger partial charge in [0.15, 0.2) is 0 Å². The number of hydrogen-bond acceptors (Lipinski definition) is 9. The van der Waals surface area contributed by atoms with Gasteiger partial charge in [-0.2, -0.15) is 5.01 Å². The maximum Gasteiger partial charge on any atom is 0.244 e. The van der Waals surface area contributed by atoms with Gasteiger partial charge in [-0.05, 0) is 77.3 Å². The van der Waals surface area contributed by atoms with Crippen LogP contribution >= 0.6 is 0 Å². The van der Waals surface area contributed by atoms with E-state index in [0.29, 0.717) is 13.1 Å². The van der Waals surface area contributed by atoms with Crippen molar-refractivity contribution in [1.82, 2.24) is 30.9 Å². The Morgan fingerprint density at radius 1 is 1.08 bits per heavy atom. The van der Waals surface area contributed by atoms with Gasteiger partial charge >= 0.3 is 0 Å². The number of aliphatic hydroxyl groups is 1. The fourth-order valence-corrected chi connectivity index (χ4v) is 6.95. The highest BCUT2D eigenvalue weighted by Crippen LogP contribution is 2.35. The lowest BCUT2D eigenvalue weighted by molar-refractivity contribution is -0.147. The number of benzene rings is 1. The number of piperazine rings is 1. The summed E-state index contributed by atoms with van der Waals surface area (Å²) in [5, 5.41) is 30.1. The van der Waals surface area contributed by atoms with E-state index in [4.69, 9.17) is 0 Å². The molecular formula is C29H46N8O2. The van der Waals surface area contributed by atoms with E-state index in [-0.39, 0.29) is 36.5 Å². The first-order chi connectivity index (χ1) is 18.8. The van der Waals surface area contributed by atoms with Crippen LogP contribution < -0.4 is 26.2 Å². The summed E-state index contributed by atoms with van der Waals surface area (Å²) in [6.45, 7) is 9.55. The van der Waals surface area contributed by atoms with Crippen LogP contribution in [0.4, 0.5) is 11.4 Å². The molecule has 1 amide bonds. The van der Waals surface area contributed by atoms with E-state index in [1.165, 1.54) is 11.3 Å². The lowest BCUT2D eigenvalue weighted by Crippen LogP contribution is -2.69. The summed E-state index contributed by atoms with van der Waals surface area (Å²) in [5.74, 6) is -0.00116. The maximum absolute atomic E-state index is 13.7. The minimum Gasteiger partial charge on any atom is -0.389 e. The quantitative estimate of drug-likeness (QED) is 0.365. The monoisotopic (exact) mass is 538 g/mol. The van der Waals surface area contributed by atoms with Gasteiger partial charge in [0.1, 0.15) is 6.29 Å². The molecule has 214 valence electrons. The summed E-state index contributed by atoms with van der Waals surface area (Å²) >= 11 is 0.